The van der Waals surface area contributed by atoms with Crippen molar-refractivity contribution in [1.29, 1.82) is 0 Å². The predicted octanol–water partition coefficient (Wildman–Crippen LogP) is 6.58. The summed E-state index contributed by atoms with van der Waals surface area (Å²) in [6.07, 6.45) is 0.853. The highest BCUT2D eigenvalue weighted by atomic mass is 16.5. The van der Waals surface area contributed by atoms with Crippen molar-refractivity contribution in [2.75, 3.05) is 0 Å². The molecule has 5 rings (SSSR count). The number of ketones is 1. The molecule has 5 heteroatoms. The highest BCUT2D eigenvalue weighted by Gasteiger charge is 2.41. The Morgan fingerprint density at radius 3 is 2.21 bits per heavy atom. The molecule has 194 valence electrons. The zero-order chi connectivity index (χ0) is 26.6. The molecule has 1 aliphatic carbocycles. The molecule has 1 aliphatic heterocycles. The van der Waals surface area contributed by atoms with Gasteiger partial charge in [0.1, 0.15) is 12.4 Å². The topological polar surface area (TPSA) is 64.6 Å². The maximum absolute atomic E-state index is 13.7. The van der Waals surface area contributed by atoms with Gasteiger partial charge in [0.05, 0.1) is 11.7 Å². The molecule has 0 saturated carbocycles. The molecule has 1 heterocycles. The van der Waals surface area contributed by atoms with E-state index in [1.165, 1.54) is 0 Å². The van der Waals surface area contributed by atoms with Crippen molar-refractivity contribution in [2.45, 2.75) is 58.2 Å². The molecule has 0 radical (unpaired) electrons. The number of nitrogens with one attached hydrogen (secondary N) is 1. The maximum atomic E-state index is 13.7. The molecule has 38 heavy (non-hydrogen) atoms. The van der Waals surface area contributed by atoms with E-state index in [-0.39, 0.29) is 17.8 Å². The van der Waals surface area contributed by atoms with Crippen LogP contribution in [0.25, 0.3) is 0 Å². The molecule has 1 N–H and O–H groups in total. The van der Waals surface area contributed by atoms with Crippen LogP contribution in [0, 0.1) is 0 Å². The number of benzene rings is 3. The van der Waals surface area contributed by atoms with E-state index < -0.39 is 11.9 Å². The summed E-state index contributed by atoms with van der Waals surface area (Å²) < 4.78 is 11.6. The lowest BCUT2D eigenvalue weighted by Crippen LogP contribution is -2.36. The fraction of sp³-hybridized carbons (Fsp3) is 0.273. The number of Topliss-reactive ketones (excluding diaryl/α,β-unsaturated/α-hetero) is 1. The van der Waals surface area contributed by atoms with Crippen molar-refractivity contribution in [2.24, 2.45) is 0 Å². The molecule has 0 saturated heterocycles. The number of dihydropyridines is 1. The van der Waals surface area contributed by atoms with Crippen LogP contribution in [0.15, 0.2) is 107 Å². The number of esters is 1. The number of ether oxygens (including phenoxy) is 2. The van der Waals surface area contributed by atoms with Gasteiger partial charge in [0, 0.05) is 29.3 Å². The van der Waals surface area contributed by atoms with Crippen molar-refractivity contribution in [3.63, 3.8) is 0 Å². The first-order chi connectivity index (χ1) is 18.4. The molecule has 0 unspecified atom stereocenters. The lowest BCUT2D eigenvalue weighted by molar-refractivity contribution is -0.143. The van der Waals surface area contributed by atoms with E-state index in [1.54, 1.807) is 0 Å². The molecule has 0 amide bonds. The van der Waals surface area contributed by atoms with Crippen LogP contribution < -0.4 is 10.1 Å². The Hall–Kier alpha value is -4.12. The Labute approximate surface area is 224 Å². The van der Waals surface area contributed by atoms with Crippen LogP contribution in [-0.2, 0) is 20.9 Å². The number of carbonyl (C=O) groups excluding carboxylic acids is 2. The smallest absolute Gasteiger partial charge is 0.337 e. The second kappa shape index (κ2) is 11.1. The van der Waals surface area contributed by atoms with E-state index in [4.69, 9.17) is 9.47 Å². The first-order valence-corrected chi connectivity index (χ1v) is 13.2. The van der Waals surface area contributed by atoms with Crippen LogP contribution in [0.3, 0.4) is 0 Å². The summed E-state index contributed by atoms with van der Waals surface area (Å²) >= 11 is 0. The largest absolute Gasteiger partial charge is 0.489 e. The van der Waals surface area contributed by atoms with Crippen molar-refractivity contribution < 1.29 is 19.1 Å². The van der Waals surface area contributed by atoms with Gasteiger partial charge in [0.15, 0.2) is 5.78 Å². The van der Waals surface area contributed by atoms with Gasteiger partial charge in [-0.15, -0.1) is 0 Å². The average Bonchev–Trinajstić information content (AvgIpc) is 2.92. The minimum atomic E-state index is -0.495. The van der Waals surface area contributed by atoms with Crippen LogP contribution in [0.1, 0.15) is 62.1 Å². The summed E-state index contributed by atoms with van der Waals surface area (Å²) in [5.41, 5.74) is 5.87. The predicted molar refractivity (Wildman–Crippen MR) is 147 cm³/mol. The minimum Gasteiger partial charge on any atom is -0.489 e. The summed E-state index contributed by atoms with van der Waals surface area (Å²) in [6, 6.07) is 27.9. The standard InChI is InChI=1S/C33H33NO4/c1-21(2)38-33(36)30-22(3)34-28-18-26(24-12-8-5-9-13-24)19-29(35)32(28)31(30)25-14-16-27(17-15-25)37-20-23-10-6-4-7-11-23/h4-17,21,26,31,34H,18-20H2,1-3H3/t26-,31-/m0/s1. The number of rotatable bonds is 7. The number of allylic oxidation sites excluding steroid dienone is 3. The Bertz CT molecular complexity index is 1370. The van der Waals surface area contributed by atoms with Crippen LogP contribution >= 0.6 is 0 Å². The third kappa shape index (κ3) is 5.42. The van der Waals surface area contributed by atoms with Crippen LogP contribution in [0.5, 0.6) is 5.75 Å². The first kappa shape index (κ1) is 25.5. The van der Waals surface area contributed by atoms with Crippen LogP contribution in [0.4, 0.5) is 0 Å². The van der Waals surface area contributed by atoms with Gasteiger partial charge in [-0.2, -0.15) is 0 Å². The van der Waals surface area contributed by atoms with Gasteiger partial charge in [0.25, 0.3) is 0 Å². The summed E-state index contributed by atoms with van der Waals surface area (Å²) in [4.78, 5) is 27.0. The van der Waals surface area contributed by atoms with Gasteiger partial charge in [-0.05, 0) is 61.9 Å². The summed E-state index contributed by atoms with van der Waals surface area (Å²) in [6.45, 7) is 6.02. The van der Waals surface area contributed by atoms with Gasteiger partial charge < -0.3 is 14.8 Å². The summed E-state index contributed by atoms with van der Waals surface area (Å²) in [5.74, 6) is -0.00798. The fourth-order valence-corrected chi connectivity index (χ4v) is 5.38. The molecule has 3 aromatic rings. The van der Waals surface area contributed by atoms with Crippen molar-refractivity contribution in [3.8, 4) is 5.75 Å². The highest BCUT2D eigenvalue weighted by Crippen LogP contribution is 2.46. The van der Waals surface area contributed by atoms with Gasteiger partial charge in [-0.3, -0.25) is 4.79 Å². The average molecular weight is 508 g/mol. The molecule has 0 bridgehead atoms. The zero-order valence-corrected chi connectivity index (χ0v) is 22.1. The third-order valence-electron chi connectivity index (χ3n) is 7.12. The Morgan fingerprint density at radius 2 is 1.55 bits per heavy atom. The second-order valence-corrected chi connectivity index (χ2v) is 10.2. The van der Waals surface area contributed by atoms with E-state index in [0.29, 0.717) is 30.6 Å². The first-order valence-electron chi connectivity index (χ1n) is 13.2. The van der Waals surface area contributed by atoms with Gasteiger partial charge in [-0.1, -0.05) is 72.8 Å². The van der Waals surface area contributed by atoms with Crippen molar-refractivity contribution >= 4 is 11.8 Å². The van der Waals surface area contributed by atoms with Crippen LogP contribution in [0.2, 0.25) is 0 Å². The van der Waals surface area contributed by atoms with E-state index >= 15 is 0 Å². The molecule has 2 aliphatic rings. The molecule has 0 spiro atoms. The van der Waals surface area contributed by atoms with E-state index in [2.05, 4.69) is 17.4 Å². The monoisotopic (exact) mass is 507 g/mol. The summed E-state index contributed by atoms with van der Waals surface area (Å²) in [7, 11) is 0. The zero-order valence-electron chi connectivity index (χ0n) is 22.1. The molecule has 5 nitrogen and oxygen atoms in total. The van der Waals surface area contributed by atoms with Gasteiger partial charge in [-0.25, -0.2) is 4.79 Å². The summed E-state index contributed by atoms with van der Waals surface area (Å²) in [5, 5.41) is 3.42. The molecule has 2 atom stereocenters. The van der Waals surface area contributed by atoms with Gasteiger partial charge >= 0.3 is 5.97 Å². The molecular weight excluding hydrogens is 474 g/mol. The normalized spacial score (nSPS) is 19.2. The van der Waals surface area contributed by atoms with E-state index in [1.807, 2.05) is 93.6 Å². The Kier molecular flexibility index (Phi) is 7.45. The van der Waals surface area contributed by atoms with Crippen molar-refractivity contribution in [1.82, 2.24) is 5.32 Å². The molecular formula is C33H33NO4. The molecule has 3 aromatic carbocycles. The minimum absolute atomic E-state index is 0.0596. The fourth-order valence-electron chi connectivity index (χ4n) is 5.38. The van der Waals surface area contributed by atoms with E-state index in [9.17, 15) is 9.59 Å². The van der Waals surface area contributed by atoms with Gasteiger partial charge in [0.2, 0.25) is 0 Å². The molecule has 0 fully saturated rings. The lowest BCUT2D eigenvalue weighted by Gasteiger charge is -2.37. The number of carbonyl (C=O) groups is 2. The number of hydrogen-bond acceptors (Lipinski definition) is 5. The lowest BCUT2D eigenvalue weighted by atomic mass is 9.71. The quantitative estimate of drug-likeness (QED) is 0.366. The second-order valence-electron chi connectivity index (χ2n) is 10.2. The number of hydrogen-bond donors (Lipinski definition) is 1. The Morgan fingerprint density at radius 1 is 0.895 bits per heavy atom. The molecule has 0 aromatic heterocycles. The third-order valence-corrected chi connectivity index (χ3v) is 7.12. The van der Waals surface area contributed by atoms with Crippen molar-refractivity contribution in [3.05, 3.63) is 124 Å². The van der Waals surface area contributed by atoms with Crippen LogP contribution in [-0.4, -0.2) is 17.9 Å². The Balaban J connectivity index is 1.48. The highest BCUT2D eigenvalue weighted by molar-refractivity contribution is 6.04. The van der Waals surface area contributed by atoms with E-state index in [0.717, 1.165) is 33.8 Å². The maximum Gasteiger partial charge on any atom is 0.337 e. The SMILES string of the molecule is CC1=C(C(=O)OC(C)C)[C@H](c2ccc(OCc3ccccc3)cc2)C2=C(C[C@H](c3ccccc3)CC2=O)N1.